The van der Waals surface area contributed by atoms with Gasteiger partial charge in [-0.3, -0.25) is 4.79 Å². The Balaban J connectivity index is 1.70. The van der Waals surface area contributed by atoms with Crippen LogP contribution in [0.25, 0.3) is 0 Å². The predicted octanol–water partition coefficient (Wildman–Crippen LogP) is 4.79. The van der Waals surface area contributed by atoms with E-state index in [-0.39, 0.29) is 31.4 Å². The van der Waals surface area contributed by atoms with Gasteiger partial charge < -0.3 is 14.1 Å². The summed E-state index contributed by atoms with van der Waals surface area (Å²) in [6, 6.07) is 17.1. The van der Waals surface area contributed by atoms with Crippen LogP contribution in [-0.4, -0.2) is 17.4 Å². The first-order valence-corrected chi connectivity index (χ1v) is 8.83. The molecule has 0 saturated heterocycles. The number of ether oxygens (including phenoxy) is 1. The highest BCUT2D eigenvalue weighted by Gasteiger charge is 2.18. The predicted molar refractivity (Wildman–Crippen MR) is 99.0 cm³/mol. The molecule has 0 atom stereocenters. The van der Waals surface area contributed by atoms with Crippen LogP contribution in [0.5, 0.6) is 5.75 Å². The van der Waals surface area contributed by atoms with Crippen LogP contribution < -0.4 is 4.74 Å². The summed E-state index contributed by atoms with van der Waals surface area (Å²) in [6.07, 6.45) is 1.54. The molecule has 1 amide bonds. The summed E-state index contributed by atoms with van der Waals surface area (Å²) in [5.41, 5.74) is 0.441. The second-order valence-corrected chi connectivity index (χ2v) is 6.58. The zero-order valence-electron chi connectivity index (χ0n) is 13.9. The van der Waals surface area contributed by atoms with Crippen molar-refractivity contribution in [3.05, 3.63) is 88.5 Å². The molecule has 4 nitrogen and oxygen atoms in total. The molecule has 0 aliphatic rings. The summed E-state index contributed by atoms with van der Waals surface area (Å²) in [5.74, 6) is 0.606. The Bertz CT molecular complexity index is 850. The van der Waals surface area contributed by atoms with Crippen molar-refractivity contribution in [2.24, 2.45) is 0 Å². The van der Waals surface area contributed by atoms with Crippen molar-refractivity contribution < 1.29 is 18.3 Å². The van der Waals surface area contributed by atoms with Gasteiger partial charge in [0.15, 0.2) is 6.61 Å². The maximum absolute atomic E-state index is 14.0. The van der Waals surface area contributed by atoms with E-state index in [0.29, 0.717) is 17.1 Å². The molecule has 0 spiro atoms. The van der Waals surface area contributed by atoms with E-state index < -0.39 is 0 Å². The van der Waals surface area contributed by atoms with Crippen molar-refractivity contribution in [1.29, 1.82) is 0 Å². The Hall–Kier alpha value is -2.60. The fourth-order valence-electron chi connectivity index (χ4n) is 2.42. The first kappa shape index (κ1) is 18.2. The maximum Gasteiger partial charge on any atom is 0.261 e. The molecule has 1 heterocycles. The third kappa shape index (κ3) is 4.95. The Morgan fingerprint density at radius 1 is 1.04 bits per heavy atom. The van der Waals surface area contributed by atoms with E-state index in [1.807, 2.05) is 12.1 Å². The zero-order valence-corrected chi connectivity index (χ0v) is 15.5. The van der Waals surface area contributed by atoms with Crippen LogP contribution in [0.1, 0.15) is 11.3 Å². The molecule has 134 valence electrons. The molecule has 0 aliphatic heterocycles. The molecule has 0 radical (unpaired) electrons. The first-order valence-electron chi connectivity index (χ1n) is 8.04. The normalized spacial score (nSPS) is 10.5. The first-order chi connectivity index (χ1) is 12.6. The molecule has 6 heteroatoms. The molecule has 0 unspecified atom stereocenters. The Morgan fingerprint density at radius 2 is 1.81 bits per heavy atom. The molecule has 3 aromatic rings. The fourth-order valence-corrected chi connectivity index (χ4v) is 2.69. The molecule has 1 aromatic heterocycles. The van der Waals surface area contributed by atoms with Crippen molar-refractivity contribution in [3.8, 4) is 5.75 Å². The molecule has 0 aliphatic carbocycles. The lowest BCUT2D eigenvalue weighted by Gasteiger charge is -2.22. The van der Waals surface area contributed by atoms with Gasteiger partial charge in [0, 0.05) is 16.6 Å². The highest BCUT2D eigenvalue weighted by atomic mass is 79.9. The van der Waals surface area contributed by atoms with E-state index in [1.165, 1.54) is 11.0 Å². The minimum Gasteiger partial charge on any atom is -0.484 e. The number of carbonyl (C=O) groups excluding carboxylic acids is 1. The average molecular weight is 418 g/mol. The molecule has 0 bridgehead atoms. The van der Waals surface area contributed by atoms with Gasteiger partial charge in [0.2, 0.25) is 0 Å². The van der Waals surface area contributed by atoms with Crippen LogP contribution in [-0.2, 0) is 17.9 Å². The fraction of sp³-hybridized carbons (Fsp3) is 0.150. The quantitative estimate of drug-likeness (QED) is 0.554. The lowest BCUT2D eigenvalue weighted by atomic mass is 10.2. The molecular weight excluding hydrogens is 401 g/mol. The lowest BCUT2D eigenvalue weighted by Crippen LogP contribution is -2.34. The van der Waals surface area contributed by atoms with Gasteiger partial charge in [-0.05, 0) is 42.5 Å². The lowest BCUT2D eigenvalue weighted by molar-refractivity contribution is -0.134. The summed E-state index contributed by atoms with van der Waals surface area (Å²) < 4.78 is 25.8. The van der Waals surface area contributed by atoms with Crippen molar-refractivity contribution in [2.45, 2.75) is 13.1 Å². The van der Waals surface area contributed by atoms with E-state index >= 15 is 0 Å². The van der Waals surface area contributed by atoms with Crippen LogP contribution in [0.3, 0.4) is 0 Å². The Morgan fingerprint density at radius 3 is 2.50 bits per heavy atom. The standard InChI is InChI=1S/C20H17BrFNO3/c21-16-7-9-17(10-8-16)26-14-20(24)23(13-18-5-3-11-25-18)12-15-4-1-2-6-19(15)22/h1-11H,12-14H2. The number of hydrogen-bond donors (Lipinski definition) is 0. The SMILES string of the molecule is O=C(COc1ccc(Br)cc1)N(Cc1ccco1)Cc1ccccc1F. The van der Waals surface area contributed by atoms with Crippen LogP contribution in [0.2, 0.25) is 0 Å². The number of hydrogen-bond acceptors (Lipinski definition) is 3. The van der Waals surface area contributed by atoms with Gasteiger partial charge in [-0.2, -0.15) is 0 Å². The van der Waals surface area contributed by atoms with Crippen LogP contribution >= 0.6 is 15.9 Å². The van der Waals surface area contributed by atoms with Crippen LogP contribution in [0.4, 0.5) is 4.39 Å². The van der Waals surface area contributed by atoms with Crippen LogP contribution in [0.15, 0.2) is 75.8 Å². The number of halogens is 2. The van der Waals surface area contributed by atoms with Crippen LogP contribution in [0, 0.1) is 5.82 Å². The summed E-state index contributed by atoms with van der Waals surface area (Å²) in [6.45, 7) is 0.233. The highest BCUT2D eigenvalue weighted by molar-refractivity contribution is 9.10. The van der Waals surface area contributed by atoms with Gasteiger partial charge in [-0.25, -0.2) is 4.39 Å². The number of carbonyl (C=O) groups is 1. The minimum absolute atomic E-state index is 0.135. The monoisotopic (exact) mass is 417 g/mol. The smallest absolute Gasteiger partial charge is 0.261 e. The summed E-state index contributed by atoms with van der Waals surface area (Å²) in [5, 5.41) is 0. The number of benzene rings is 2. The van der Waals surface area contributed by atoms with Gasteiger partial charge in [-0.1, -0.05) is 34.1 Å². The maximum atomic E-state index is 14.0. The van der Waals surface area contributed by atoms with E-state index in [0.717, 1.165) is 4.47 Å². The summed E-state index contributed by atoms with van der Waals surface area (Å²) >= 11 is 3.35. The van der Waals surface area contributed by atoms with Gasteiger partial charge in [-0.15, -0.1) is 0 Å². The molecule has 0 N–H and O–H groups in total. The number of nitrogens with zero attached hydrogens (tertiary/aromatic N) is 1. The van der Waals surface area contributed by atoms with Gasteiger partial charge in [0.25, 0.3) is 5.91 Å². The summed E-state index contributed by atoms with van der Waals surface area (Å²) in [7, 11) is 0. The Kier molecular flexibility index (Phi) is 6.07. The number of amides is 1. The highest BCUT2D eigenvalue weighted by Crippen LogP contribution is 2.17. The number of furan rings is 1. The second-order valence-electron chi connectivity index (χ2n) is 5.66. The van der Waals surface area contributed by atoms with E-state index in [9.17, 15) is 9.18 Å². The molecule has 0 saturated carbocycles. The number of rotatable bonds is 7. The molecular formula is C20H17BrFNO3. The van der Waals surface area contributed by atoms with Crippen molar-refractivity contribution in [2.75, 3.05) is 6.61 Å². The molecule has 0 fully saturated rings. The second kappa shape index (κ2) is 8.67. The third-order valence-corrected chi connectivity index (χ3v) is 4.30. The molecule has 3 rings (SSSR count). The van der Waals surface area contributed by atoms with E-state index in [2.05, 4.69) is 15.9 Å². The van der Waals surface area contributed by atoms with Gasteiger partial charge >= 0.3 is 0 Å². The zero-order chi connectivity index (χ0) is 18.4. The molecule has 26 heavy (non-hydrogen) atoms. The third-order valence-electron chi connectivity index (χ3n) is 3.77. The van der Waals surface area contributed by atoms with Crippen molar-refractivity contribution in [3.63, 3.8) is 0 Å². The van der Waals surface area contributed by atoms with Gasteiger partial charge in [0.1, 0.15) is 17.3 Å². The molecule has 2 aromatic carbocycles. The van der Waals surface area contributed by atoms with E-state index in [4.69, 9.17) is 9.15 Å². The van der Waals surface area contributed by atoms with Gasteiger partial charge in [0.05, 0.1) is 12.8 Å². The Labute approximate surface area is 159 Å². The van der Waals surface area contributed by atoms with E-state index in [1.54, 1.807) is 48.7 Å². The largest absolute Gasteiger partial charge is 0.484 e. The summed E-state index contributed by atoms with van der Waals surface area (Å²) in [4.78, 5) is 14.2. The van der Waals surface area contributed by atoms with Crippen molar-refractivity contribution >= 4 is 21.8 Å². The minimum atomic E-state index is -0.349. The van der Waals surface area contributed by atoms with Crippen molar-refractivity contribution in [1.82, 2.24) is 4.90 Å². The average Bonchev–Trinajstić information content (AvgIpc) is 3.15. The topological polar surface area (TPSA) is 42.7 Å².